The minimum absolute atomic E-state index is 0. The van der Waals surface area contributed by atoms with Crippen LogP contribution in [0.2, 0.25) is 0 Å². The Bertz CT molecular complexity index is 657. The molecule has 3 N–H and O–H groups in total. The number of rotatable bonds is 4. The third kappa shape index (κ3) is 3.85. The van der Waals surface area contributed by atoms with Crippen molar-refractivity contribution in [3.63, 3.8) is 0 Å². The molecule has 6 heteroatoms. The Morgan fingerprint density at radius 3 is 2.82 bits per heavy atom. The molecule has 3 rings (SSSR count). The molecule has 0 aliphatic heterocycles. The number of thiazole rings is 1. The minimum Gasteiger partial charge on any atom is -0.330 e. The molecule has 0 saturated heterocycles. The normalized spacial score (nSPS) is 13.1. The topological polar surface area (TPSA) is 68.0 Å². The molecule has 0 bridgehead atoms. The molecular formula is C16H20ClN3OS. The fourth-order valence-corrected chi connectivity index (χ4v) is 3.41. The molecule has 1 heterocycles. The van der Waals surface area contributed by atoms with E-state index in [1.165, 1.54) is 41.7 Å². The quantitative estimate of drug-likeness (QED) is 0.898. The Hall–Kier alpha value is -1.43. The van der Waals surface area contributed by atoms with Crippen LogP contribution in [0.25, 0.3) is 11.3 Å². The number of nitrogens with zero attached hydrogens (tertiary/aromatic N) is 1. The van der Waals surface area contributed by atoms with Gasteiger partial charge in [0.15, 0.2) is 5.13 Å². The summed E-state index contributed by atoms with van der Waals surface area (Å²) in [5.41, 5.74) is 10.3. The maximum absolute atomic E-state index is 11.5. The number of aryl methyl sites for hydroxylation is 2. The average molecular weight is 338 g/mol. The zero-order valence-corrected chi connectivity index (χ0v) is 13.9. The molecule has 0 radical (unpaired) electrons. The number of anilines is 1. The highest BCUT2D eigenvalue weighted by atomic mass is 35.5. The molecule has 0 fully saturated rings. The highest BCUT2D eigenvalue weighted by Gasteiger charge is 2.12. The molecule has 1 aromatic heterocycles. The maximum atomic E-state index is 11.5. The van der Waals surface area contributed by atoms with E-state index in [2.05, 4.69) is 28.5 Å². The van der Waals surface area contributed by atoms with Gasteiger partial charge in [0.2, 0.25) is 5.91 Å². The van der Waals surface area contributed by atoms with Gasteiger partial charge in [0.25, 0.3) is 0 Å². The van der Waals surface area contributed by atoms with Crippen molar-refractivity contribution in [1.29, 1.82) is 0 Å². The fraction of sp³-hybridized carbons (Fsp3) is 0.375. The van der Waals surface area contributed by atoms with Crippen molar-refractivity contribution >= 4 is 34.8 Å². The van der Waals surface area contributed by atoms with E-state index in [0.717, 1.165) is 17.7 Å². The van der Waals surface area contributed by atoms with E-state index in [0.29, 0.717) is 18.1 Å². The van der Waals surface area contributed by atoms with Gasteiger partial charge in [-0.1, -0.05) is 12.1 Å². The number of hydrogen-bond acceptors (Lipinski definition) is 4. The lowest BCUT2D eigenvalue weighted by Crippen LogP contribution is -2.15. The first-order valence-corrected chi connectivity index (χ1v) is 8.22. The van der Waals surface area contributed by atoms with Gasteiger partial charge in [-0.2, -0.15) is 0 Å². The van der Waals surface area contributed by atoms with Gasteiger partial charge in [0, 0.05) is 23.9 Å². The second-order valence-electron chi connectivity index (χ2n) is 5.32. The molecule has 1 aliphatic rings. The summed E-state index contributed by atoms with van der Waals surface area (Å²) in [6.45, 7) is 0.356. The zero-order chi connectivity index (χ0) is 14.7. The van der Waals surface area contributed by atoms with E-state index < -0.39 is 0 Å². The van der Waals surface area contributed by atoms with Crippen molar-refractivity contribution in [1.82, 2.24) is 4.98 Å². The monoisotopic (exact) mass is 337 g/mol. The summed E-state index contributed by atoms with van der Waals surface area (Å²) < 4.78 is 0. The van der Waals surface area contributed by atoms with Gasteiger partial charge in [0.05, 0.1) is 5.69 Å². The van der Waals surface area contributed by atoms with Gasteiger partial charge in [-0.3, -0.25) is 4.79 Å². The second-order valence-corrected chi connectivity index (χ2v) is 6.17. The van der Waals surface area contributed by atoms with Gasteiger partial charge in [0.1, 0.15) is 0 Å². The Morgan fingerprint density at radius 1 is 1.27 bits per heavy atom. The Balaban J connectivity index is 0.00000176. The summed E-state index contributed by atoms with van der Waals surface area (Å²) in [5.74, 6) is -0.0798. The predicted octanol–water partition coefficient (Wildman–Crippen LogP) is 3.40. The Morgan fingerprint density at radius 2 is 2.05 bits per heavy atom. The van der Waals surface area contributed by atoms with Crippen LogP contribution in [0.4, 0.5) is 5.13 Å². The number of nitrogens with one attached hydrogen (secondary N) is 1. The number of halogens is 1. The molecule has 4 nitrogen and oxygen atoms in total. The van der Waals surface area contributed by atoms with E-state index >= 15 is 0 Å². The van der Waals surface area contributed by atoms with Crippen LogP contribution >= 0.6 is 23.7 Å². The Labute approximate surface area is 140 Å². The number of carbonyl (C=O) groups is 1. The van der Waals surface area contributed by atoms with Crippen LogP contribution in [-0.2, 0) is 17.6 Å². The standard InChI is InChI=1S/C16H19N3OS.ClH/c17-8-7-15(20)19-16-18-14(10-21-16)13-6-5-11-3-1-2-4-12(11)9-13;/h5-6,9-10H,1-4,7-8,17H2,(H,18,19,20);1H. The number of hydrogen-bond donors (Lipinski definition) is 2. The molecule has 0 saturated carbocycles. The zero-order valence-electron chi connectivity index (χ0n) is 12.3. The van der Waals surface area contributed by atoms with Crippen LogP contribution in [0.5, 0.6) is 0 Å². The third-order valence-corrected chi connectivity index (χ3v) is 4.52. The second kappa shape index (κ2) is 7.72. The first-order valence-electron chi connectivity index (χ1n) is 7.34. The van der Waals surface area contributed by atoms with E-state index in [-0.39, 0.29) is 18.3 Å². The van der Waals surface area contributed by atoms with Crippen molar-refractivity contribution in [3.8, 4) is 11.3 Å². The van der Waals surface area contributed by atoms with E-state index in [1.54, 1.807) is 0 Å². The molecule has 0 spiro atoms. The predicted molar refractivity (Wildman–Crippen MR) is 93.7 cm³/mol. The van der Waals surface area contributed by atoms with Crippen LogP contribution in [0.1, 0.15) is 30.4 Å². The van der Waals surface area contributed by atoms with E-state index in [4.69, 9.17) is 5.73 Å². The van der Waals surface area contributed by atoms with Crippen molar-refractivity contribution < 1.29 is 4.79 Å². The molecule has 1 aromatic carbocycles. The lowest BCUT2D eigenvalue weighted by molar-refractivity contribution is -0.116. The summed E-state index contributed by atoms with van der Waals surface area (Å²) >= 11 is 1.45. The smallest absolute Gasteiger partial charge is 0.227 e. The van der Waals surface area contributed by atoms with Crippen molar-refractivity contribution in [2.75, 3.05) is 11.9 Å². The van der Waals surface area contributed by atoms with Gasteiger partial charge in [-0.25, -0.2) is 4.98 Å². The molecular weight excluding hydrogens is 318 g/mol. The SMILES string of the molecule is Cl.NCCC(=O)Nc1nc(-c2ccc3c(c2)CCCC3)cs1. The Kier molecular flexibility index (Phi) is 5.94. The summed E-state index contributed by atoms with van der Waals surface area (Å²) in [4.78, 5) is 16.0. The molecule has 1 aliphatic carbocycles. The summed E-state index contributed by atoms with van der Waals surface area (Å²) in [7, 11) is 0. The van der Waals surface area contributed by atoms with Crippen LogP contribution in [0.3, 0.4) is 0 Å². The molecule has 0 unspecified atom stereocenters. The largest absolute Gasteiger partial charge is 0.330 e. The first kappa shape index (κ1) is 16.9. The third-order valence-electron chi connectivity index (χ3n) is 3.77. The van der Waals surface area contributed by atoms with Gasteiger partial charge in [-0.05, 0) is 42.9 Å². The lowest BCUT2D eigenvalue weighted by atomic mass is 9.90. The number of fused-ring (bicyclic) bond motifs is 1. The molecule has 118 valence electrons. The number of carbonyl (C=O) groups excluding carboxylic acids is 1. The molecule has 0 atom stereocenters. The number of benzene rings is 1. The highest BCUT2D eigenvalue weighted by Crippen LogP contribution is 2.29. The minimum atomic E-state index is -0.0798. The lowest BCUT2D eigenvalue weighted by Gasteiger charge is -2.16. The van der Waals surface area contributed by atoms with E-state index in [9.17, 15) is 4.79 Å². The first-order chi connectivity index (χ1) is 10.3. The number of aromatic nitrogens is 1. The maximum Gasteiger partial charge on any atom is 0.227 e. The van der Waals surface area contributed by atoms with Crippen molar-refractivity contribution in [2.45, 2.75) is 32.1 Å². The van der Waals surface area contributed by atoms with Crippen LogP contribution in [0, 0.1) is 0 Å². The van der Waals surface area contributed by atoms with Crippen molar-refractivity contribution in [2.24, 2.45) is 5.73 Å². The number of amides is 1. The van der Waals surface area contributed by atoms with Crippen molar-refractivity contribution in [3.05, 3.63) is 34.7 Å². The van der Waals surface area contributed by atoms with Crippen LogP contribution in [-0.4, -0.2) is 17.4 Å². The van der Waals surface area contributed by atoms with Crippen LogP contribution in [0.15, 0.2) is 23.6 Å². The summed E-state index contributed by atoms with van der Waals surface area (Å²) in [6, 6.07) is 6.59. The van der Waals surface area contributed by atoms with Crippen LogP contribution < -0.4 is 11.1 Å². The fourth-order valence-electron chi connectivity index (χ4n) is 2.67. The summed E-state index contributed by atoms with van der Waals surface area (Å²) in [6.07, 6.45) is 5.24. The molecule has 1 amide bonds. The number of nitrogens with two attached hydrogens (primary N) is 1. The van der Waals surface area contributed by atoms with Gasteiger partial charge >= 0.3 is 0 Å². The van der Waals surface area contributed by atoms with E-state index in [1.807, 2.05) is 5.38 Å². The highest BCUT2D eigenvalue weighted by molar-refractivity contribution is 7.14. The molecule has 2 aromatic rings. The van der Waals surface area contributed by atoms with Gasteiger partial charge < -0.3 is 11.1 Å². The summed E-state index contributed by atoms with van der Waals surface area (Å²) in [5, 5.41) is 5.41. The van der Waals surface area contributed by atoms with Gasteiger partial charge in [-0.15, -0.1) is 23.7 Å². The average Bonchev–Trinajstić information content (AvgIpc) is 2.95. The molecule has 22 heavy (non-hydrogen) atoms.